The molecule has 0 aliphatic carbocycles. The molecule has 28 heavy (non-hydrogen) atoms. The van der Waals surface area contributed by atoms with E-state index in [4.69, 9.17) is 9.47 Å². The number of amides is 1. The van der Waals surface area contributed by atoms with Gasteiger partial charge in [0.25, 0.3) is 5.91 Å². The van der Waals surface area contributed by atoms with Crippen molar-refractivity contribution in [2.45, 2.75) is 78.4 Å². The molecule has 0 aliphatic rings. The molecule has 1 amide bonds. The topological polar surface area (TPSA) is 47.6 Å². The number of hydrogen-bond donors (Lipinski definition) is 1. The van der Waals surface area contributed by atoms with Crippen LogP contribution in [0, 0.1) is 0 Å². The van der Waals surface area contributed by atoms with Crippen molar-refractivity contribution in [3.63, 3.8) is 0 Å². The van der Waals surface area contributed by atoms with Crippen LogP contribution in [0.5, 0.6) is 5.75 Å². The van der Waals surface area contributed by atoms with Crippen LogP contribution in [-0.2, 0) is 9.53 Å². The van der Waals surface area contributed by atoms with Gasteiger partial charge in [-0.15, -0.1) is 0 Å². The first-order valence-electron chi connectivity index (χ1n) is 10.5. The fraction of sp³-hybridized carbons (Fsp3) is 0.542. The maximum atomic E-state index is 13.2. The highest BCUT2D eigenvalue weighted by atomic mass is 16.5. The Hall–Kier alpha value is -2.07. The zero-order chi connectivity index (χ0) is 20.6. The van der Waals surface area contributed by atoms with Crippen molar-refractivity contribution in [3.8, 4) is 5.75 Å². The second-order valence-corrected chi connectivity index (χ2v) is 7.81. The van der Waals surface area contributed by atoms with Gasteiger partial charge in [0.1, 0.15) is 11.4 Å². The van der Waals surface area contributed by atoms with E-state index in [1.165, 1.54) is 0 Å². The summed E-state index contributed by atoms with van der Waals surface area (Å²) in [4.78, 5) is 13.2. The third-order valence-corrected chi connectivity index (χ3v) is 4.86. The van der Waals surface area contributed by atoms with Crippen LogP contribution in [-0.4, -0.2) is 24.2 Å². The molecule has 0 saturated heterocycles. The third-order valence-electron chi connectivity index (χ3n) is 4.86. The van der Waals surface area contributed by atoms with Gasteiger partial charge >= 0.3 is 0 Å². The van der Waals surface area contributed by atoms with Crippen molar-refractivity contribution in [1.29, 1.82) is 0 Å². The molecule has 0 fully saturated rings. The lowest BCUT2D eigenvalue weighted by Crippen LogP contribution is -2.43. The Balaban J connectivity index is 2.29. The lowest BCUT2D eigenvalue weighted by atomic mass is 9.96. The zero-order valence-corrected chi connectivity index (χ0v) is 18.0. The van der Waals surface area contributed by atoms with Crippen LogP contribution in [0.2, 0.25) is 0 Å². The molecule has 0 unspecified atom stereocenters. The molecule has 2 aromatic carbocycles. The van der Waals surface area contributed by atoms with E-state index >= 15 is 0 Å². The van der Waals surface area contributed by atoms with Crippen LogP contribution in [0.25, 0.3) is 10.8 Å². The molecule has 154 valence electrons. The first-order valence-corrected chi connectivity index (χ1v) is 10.5. The molecule has 4 heteroatoms. The van der Waals surface area contributed by atoms with E-state index in [-0.39, 0.29) is 12.0 Å². The van der Waals surface area contributed by atoms with E-state index in [9.17, 15) is 4.79 Å². The summed E-state index contributed by atoms with van der Waals surface area (Å²) in [5, 5.41) is 5.09. The summed E-state index contributed by atoms with van der Waals surface area (Å²) in [6.45, 7) is 10.7. The number of carbonyl (C=O) groups excluding carboxylic acids is 1. The van der Waals surface area contributed by atoms with E-state index in [0.717, 1.165) is 54.3 Å². The smallest absolute Gasteiger partial charge is 0.256 e. The molecule has 0 radical (unpaired) electrons. The molecule has 0 aromatic heterocycles. The minimum absolute atomic E-state index is 0.0836. The van der Waals surface area contributed by atoms with Crippen LogP contribution >= 0.6 is 0 Å². The molecule has 0 bridgehead atoms. The van der Waals surface area contributed by atoms with Crippen molar-refractivity contribution in [2.75, 3.05) is 11.9 Å². The van der Waals surface area contributed by atoms with Gasteiger partial charge in [-0.1, -0.05) is 57.4 Å². The molecule has 0 spiro atoms. The lowest BCUT2D eigenvalue weighted by Gasteiger charge is -2.29. The summed E-state index contributed by atoms with van der Waals surface area (Å²) in [6.07, 6.45) is 4.90. The number of ether oxygens (including phenoxy) is 2. The van der Waals surface area contributed by atoms with Gasteiger partial charge in [-0.05, 0) is 45.7 Å². The third kappa shape index (κ3) is 5.71. The van der Waals surface area contributed by atoms with Gasteiger partial charge < -0.3 is 14.8 Å². The number of anilines is 1. The summed E-state index contributed by atoms with van der Waals surface area (Å²) < 4.78 is 11.9. The Labute approximate surface area is 169 Å². The van der Waals surface area contributed by atoms with E-state index in [0.29, 0.717) is 6.61 Å². The maximum Gasteiger partial charge on any atom is 0.256 e. The molecule has 4 nitrogen and oxygen atoms in total. The van der Waals surface area contributed by atoms with Gasteiger partial charge in [0.15, 0.2) is 0 Å². The predicted molar refractivity (Wildman–Crippen MR) is 117 cm³/mol. The summed E-state index contributed by atoms with van der Waals surface area (Å²) >= 11 is 0. The van der Waals surface area contributed by atoms with E-state index < -0.39 is 5.60 Å². The van der Waals surface area contributed by atoms with Crippen LogP contribution in [0.1, 0.15) is 66.7 Å². The SMILES string of the molecule is CCCCC[C@](C)(OCCC)C(=O)Nc1ccc(OC(C)C)c2ccccc12. The molecule has 1 atom stereocenters. The molecule has 1 N–H and O–H groups in total. The van der Waals surface area contributed by atoms with Crippen molar-refractivity contribution in [1.82, 2.24) is 0 Å². The Kier molecular flexibility index (Phi) is 8.31. The van der Waals surface area contributed by atoms with E-state index in [2.05, 4.69) is 19.2 Å². The highest BCUT2D eigenvalue weighted by molar-refractivity contribution is 6.06. The molecule has 2 rings (SSSR count). The lowest BCUT2D eigenvalue weighted by molar-refractivity contribution is -0.140. The maximum absolute atomic E-state index is 13.2. The largest absolute Gasteiger partial charge is 0.490 e. The molecular formula is C24H35NO3. The first-order chi connectivity index (χ1) is 13.4. The summed E-state index contributed by atoms with van der Waals surface area (Å²) in [5.41, 5.74) is -0.0298. The molecule has 0 heterocycles. The van der Waals surface area contributed by atoms with Crippen LogP contribution in [0.3, 0.4) is 0 Å². The number of nitrogens with one attached hydrogen (secondary N) is 1. The predicted octanol–water partition coefficient (Wildman–Crippen LogP) is 6.33. The van der Waals surface area contributed by atoms with Crippen LogP contribution in [0.15, 0.2) is 36.4 Å². The molecular weight excluding hydrogens is 350 g/mol. The quantitative estimate of drug-likeness (QED) is 0.460. The van der Waals surface area contributed by atoms with E-state index in [1.54, 1.807) is 0 Å². The molecule has 0 aliphatic heterocycles. The monoisotopic (exact) mass is 385 g/mol. The minimum atomic E-state index is -0.820. The van der Waals surface area contributed by atoms with Gasteiger partial charge in [-0.25, -0.2) is 0 Å². The summed E-state index contributed by atoms with van der Waals surface area (Å²) in [6, 6.07) is 11.9. The second kappa shape index (κ2) is 10.5. The molecule has 2 aromatic rings. The van der Waals surface area contributed by atoms with Gasteiger partial charge in [0, 0.05) is 23.1 Å². The van der Waals surface area contributed by atoms with Crippen molar-refractivity contribution in [2.24, 2.45) is 0 Å². The van der Waals surface area contributed by atoms with Gasteiger partial charge in [-0.2, -0.15) is 0 Å². The number of unbranched alkanes of at least 4 members (excludes halogenated alkanes) is 2. The second-order valence-electron chi connectivity index (χ2n) is 7.81. The zero-order valence-electron chi connectivity index (χ0n) is 18.0. The first kappa shape index (κ1) is 22.2. The average molecular weight is 386 g/mol. The fourth-order valence-corrected chi connectivity index (χ4v) is 3.28. The van der Waals surface area contributed by atoms with Gasteiger partial charge in [-0.3, -0.25) is 4.79 Å². The minimum Gasteiger partial charge on any atom is -0.490 e. The molecule has 0 saturated carbocycles. The highest BCUT2D eigenvalue weighted by Gasteiger charge is 2.34. The van der Waals surface area contributed by atoms with Crippen molar-refractivity contribution in [3.05, 3.63) is 36.4 Å². The van der Waals surface area contributed by atoms with E-state index in [1.807, 2.05) is 57.2 Å². The Morgan fingerprint density at radius 2 is 1.75 bits per heavy atom. The summed E-state index contributed by atoms with van der Waals surface area (Å²) in [7, 11) is 0. The Morgan fingerprint density at radius 3 is 2.39 bits per heavy atom. The highest BCUT2D eigenvalue weighted by Crippen LogP contribution is 2.33. The Bertz CT molecular complexity index is 772. The van der Waals surface area contributed by atoms with Gasteiger partial charge in [0.2, 0.25) is 0 Å². The fourth-order valence-electron chi connectivity index (χ4n) is 3.28. The number of benzene rings is 2. The van der Waals surface area contributed by atoms with Crippen LogP contribution < -0.4 is 10.1 Å². The summed E-state index contributed by atoms with van der Waals surface area (Å²) in [5.74, 6) is 0.747. The van der Waals surface area contributed by atoms with Gasteiger partial charge in [0.05, 0.1) is 6.10 Å². The normalized spacial score (nSPS) is 13.5. The Morgan fingerprint density at radius 1 is 1.04 bits per heavy atom. The number of carbonyl (C=O) groups is 1. The van der Waals surface area contributed by atoms with Crippen molar-refractivity contribution < 1.29 is 14.3 Å². The number of rotatable bonds is 11. The standard InChI is InChI=1S/C24H35NO3/c1-6-8-11-16-24(5,27-17-7-2)23(26)25-21-14-15-22(28-18(3)4)20-13-10-9-12-19(20)21/h9-10,12-15,18H,6-8,11,16-17H2,1-5H3,(H,25,26)/t24-/m0/s1. The average Bonchev–Trinajstić information content (AvgIpc) is 2.68. The number of fused-ring (bicyclic) bond motifs is 1. The van der Waals surface area contributed by atoms with Crippen molar-refractivity contribution >= 4 is 22.4 Å². The van der Waals surface area contributed by atoms with Crippen LogP contribution in [0.4, 0.5) is 5.69 Å². The number of hydrogen-bond acceptors (Lipinski definition) is 3.